The van der Waals surface area contributed by atoms with Gasteiger partial charge in [0.25, 0.3) is 0 Å². The zero-order valence-electron chi connectivity index (χ0n) is 8.56. The Kier molecular flexibility index (Phi) is 3.70. The Labute approximate surface area is 104 Å². The lowest BCUT2D eigenvalue weighted by Crippen LogP contribution is -1.89. The van der Waals surface area contributed by atoms with E-state index in [2.05, 4.69) is 4.98 Å². The zero-order valence-corrected chi connectivity index (χ0v) is 10.1. The molecule has 4 heteroatoms. The largest absolute Gasteiger partial charge is 0.398 e. The van der Waals surface area contributed by atoms with Crippen LogP contribution in [0.15, 0.2) is 47.5 Å². The predicted molar refractivity (Wildman–Crippen MR) is 69.7 cm³/mol. The Balaban J connectivity index is 2.09. The molecule has 82 valence electrons. The Morgan fingerprint density at radius 1 is 1.19 bits per heavy atom. The Bertz CT molecular complexity index is 442. The molecule has 0 unspecified atom stereocenters. The molecule has 2 aromatic rings. The second-order valence-electron chi connectivity index (χ2n) is 3.28. The third-order valence-corrected chi connectivity index (χ3v) is 3.62. The second kappa shape index (κ2) is 5.23. The van der Waals surface area contributed by atoms with Crippen molar-refractivity contribution in [3.05, 3.63) is 53.3 Å². The van der Waals surface area contributed by atoms with Gasteiger partial charge in [0.1, 0.15) is 5.15 Å². The van der Waals surface area contributed by atoms with E-state index in [0.29, 0.717) is 5.15 Å². The molecule has 1 aromatic carbocycles. The fraction of sp³-hybridized carbons (Fsp3) is 0.0833. The minimum Gasteiger partial charge on any atom is -0.398 e. The topological polar surface area (TPSA) is 38.9 Å². The van der Waals surface area contributed by atoms with Crippen LogP contribution in [-0.2, 0) is 5.75 Å². The van der Waals surface area contributed by atoms with E-state index in [1.165, 1.54) is 0 Å². The molecule has 0 atom stereocenters. The highest BCUT2D eigenvalue weighted by atomic mass is 35.5. The van der Waals surface area contributed by atoms with E-state index < -0.39 is 0 Å². The molecule has 0 spiro atoms. The molecule has 2 nitrogen and oxygen atoms in total. The van der Waals surface area contributed by atoms with Gasteiger partial charge in [-0.05, 0) is 23.8 Å². The number of thioether (sulfide) groups is 1. The first kappa shape index (κ1) is 11.3. The van der Waals surface area contributed by atoms with E-state index >= 15 is 0 Å². The Hall–Kier alpha value is -1.19. The van der Waals surface area contributed by atoms with E-state index in [9.17, 15) is 0 Å². The van der Waals surface area contributed by atoms with Gasteiger partial charge >= 0.3 is 0 Å². The monoisotopic (exact) mass is 250 g/mol. The number of pyridine rings is 1. The molecule has 1 heterocycles. The van der Waals surface area contributed by atoms with Crippen molar-refractivity contribution in [1.82, 2.24) is 4.98 Å². The number of rotatable bonds is 3. The standard InChI is InChI=1S/C12H11ClN2S/c13-12-9(4-3-7-15-12)8-16-11-6-2-1-5-10(11)14/h1-7H,8,14H2. The molecule has 16 heavy (non-hydrogen) atoms. The number of para-hydroxylation sites is 1. The molecule has 1 aromatic heterocycles. The molecule has 0 saturated carbocycles. The highest BCUT2D eigenvalue weighted by Crippen LogP contribution is 2.29. The van der Waals surface area contributed by atoms with Crippen LogP contribution < -0.4 is 5.73 Å². The SMILES string of the molecule is Nc1ccccc1SCc1cccnc1Cl. The van der Waals surface area contributed by atoms with Gasteiger partial charge in [0, 0.05) is 22.5 Å². The molecule has 0 aliphatic heterocycles. The van der Waals surface area contributed by atoms with Crippen molar-refractivity contribution < 1.29 is 0 Å². The Morgan fingerprint density at radius 2 is 2.00 bits per heavy atom. The normalized spacial score (nSPS) is 10.3. The third kappa shape index (κ3) is 2.68. The predicted octanol–water partition coefficient (Wildman–Crippen LogP) is 3.61. The van der Waals surface area contributed by atoms with Crippen LogP contribution in [0.25, 0.3) is 0 Å². The summed E-state index contributed by atoms with van der Waals surface area (Å²) < 4.78 is 0. The first-order valence-corrected chi connectivity index (χ1v) is 6.20. The lowest BCUT2D eigenvalue weighted by atomic mass is 10.3. The van der Waals surface area contributed by atoms with E-state index in [1.807, 2.05) is 36.4 Å². The number of nitrogen functional groups attached to an aromatic ring is 1. The van der Waals surface area contributed by atoms with Crippen molar-refractivity contribution in [1.29, 1.82) is 0 Å². The molecular weight excluding hydrogens is 240 g/mol. The number of hydrogen-bond acceptors (Lipinski definition) is 3. The molecule has 0 radical (unpaired) electrons. The highest BCUT2D eigenvalue weighted by molar-refractivity contribution is 7.98. The van der Waals surface area contributed by atoms with Crippen molar-refractivity contribution >= 4 is 29.1 Å². The molecule has 0 bridgehead atoms. The first-order chi connectivity index (χ1) is 7.77. The summed E-state index contributed by atoms with van der Waals surface area (Å²) in [5, 5.41) is 0.560. The van der Waals surface area contributed by atoms with E-state index in [0.717, 1.165) is 21.9 Å². The van der Waals surface area contributed by atoms with Crippen LogP contribution in [-0.4, -0.2) is 4.98 Å². The van der Waals surface area contributed by atoms with Gasteiger partial charge in [-0.2, -0.15) is 0 Å². The van der Waals surface area contributed by atoms with Gasteiger partial charge < -0.3 is 5.73 Å². The van der Waals surface area contributed by atoms with Gasteiger partial charge in [-0.25, -0.2) is 4.98 Å². The molecule has 0 aliphatic rings. The van der Waals surface area contributed by atoms with Crippen LogP contribution in [0.2, 0.25) is 5.15 Å². The van der Waals surface area contributed by atoms with E-state index in [-0.39, 0.29) is 0 Å². The number of benzene rings is 1. The van der Waals surface area contributed by atoms with Crippen molar-refractivity contribution in [2.45, 2.75) is 10.6 Å². The van der Waals surface area contributed by atoms with Crippen LogP contribution in [0.5, 0.6) is 0 Å². The number of nitrogens with zero attached hydrogens (tertiary/aromatic N) is 1. The average molecular weight is 251 g/mol. The summed E-state index contributed by atoms with van der Waals surface area (Å²) in [5.41, 5.74) is 7.68. The van der Waals surface area contributed by atoms with E-state index in [4.69, 9.17) is 17.3 Å². The van der Waals surface area contributed by atoms with Gasteiger partial charge in [-0.1, -0.05) is 29.8 Å². The van der Waals surface area contributed by atoms with Gasteiger partial charge in [-0.15, -0.1) is 11.8 Å². The number of halogens is 1. The van der Waals surface area contributed by atoms with E-state index in [1.54, 1.807) is 18.0 Å². The summed E-state index contributed by atoms with van der Waals surface area (Å²) in [4.78, 5) is 5.11. The minimum atomic E-state index is 0.560. The maximum atomic E-state index is 5.97. The average Bonchev–Trinajstić information content (AvgIpc) is 2.30. The number of hydrogen-bond donors (Lipinski definition) is 1. The van der Waals surface area contributed by atoms with Gasteiger partial charge in [0.2, 0.25) is 0 Å². The maximum Gasteiger partial charge on any atom is 0.133 e. The summed E-state index contributed by atoms with van der Waals surface area (Å²) in [5.74, 6) is 0.779. The first-order valence-electron chi connectivity index (χ1n) is 4.84. The smallest absolute Gasteiger partial charge is 0.133 e. The van der Waals surface area contributed by atoms with Gasteiger partial charge in [0.15, 0.2) is 0 Å². The summed E-state index contributed by atoms with van der Waals surface area (Å²) in [6.07, 6.45) is 1.69. The number of anilines is 1. The molecule has 0 amide bonds. The van der Waals surface area contributed by atoms with Crippen LogP contribution in [0, 0.1) is 0 Å². The molecule has 0 fully saturated rings. The summed E-state index contributed by atoms with van der Waals surface area (Å²) in [6.45, 7) is 0. The summed E-state index contributed by atoms with van der Waals surface area (Å²) >= 11 is 7.64. The zero-order chi connectivity index (χ0) is 11.4. The van der Waals surface area contributed by atoms with Crippen LogP contribution in [0.3, 0.4) is 0 Å². The fourth-order valence-corrected chi connectivity index (χ4v) is 2.51. The van der Waals surface area contributed by atoms with Crippen LogP contribution in [0.1, 0.15) is 5.56 Å². The molecular formula is C12H11ClN2S. The highest BCUT2D eigenvalue weighted by Gasteiger charge is 2.03. The summed E-state index contributed by atoms with van der Waals surface area (Å²) in [6, 6.07) is 11.7. The maximum absolute atomic E-state index is 5.97. The number of aromatic nitrogens is 1. The molecule has 0 aliphatic carbocycles. The van der Waals surface area contributed by atoms with Gasteiger partial charge in [0.05, 0.1) is 0 Å². The van der Waals surface area contributed by atoms with Gasteiger partial charge in [-0.3, -0.25) is 0 Å². The fourth-order valence-electron chi connectivity index (χ4n) is 1.29. The molecule has 2 N–H and O–H groups in total. The van der Waals surface area contributed by atoms with Crippen molar-refractivity contribution in [3.63, 3.8) is 0 Å². The van der Waals surface area contributed by atoms with Crippen molar-refractivity contribution in [3.8, 4) is 0 Å². The molecule has 0 saturated heterocycles. The van der Waals surface area contributed by atoms with Crippen molar-refractivity contribution in [2.24, 2.45) is 0 Å². The second-order valence-corrected chi connectivity index (χ2v) is 4.66. The van der Waals surface area contributed by atoms with Crippen LogP contribution in [0.4, 0.5) is 5.69 Å². The van der Waals surface area contributed by atoms with Crippen molar-refractivity contribution in [2.75, 3.05) is 5.73 Å². The third-order valence-electron chi connectivity index (χ3n) is 2.14. The number of nitrogens with two attached hydrogens (primary N) is 1. The lowest BCUT2D eigenvalue weighted by Gasteiger charge is -2.05. The Morgan fingerprint density at radius 3 is 2.75 bits per heavy atom. The molecule has 2 rings (SSSR count). The minimum absolute atomic E-state index is 0.560. The lowest BCUT2D eigenvalue weighted by molar-refractivity contribution is 1.25. The quantitative estimate of drug-likeness (QED) is 0.514. The van der Waals surface area contributed by atoms with Crippen LogP contribution >= 0.6 is 23.4 Å². The summed E-state index contributed by atoms with van der Waals surface area (Å²) in [7, 11) is 0.